The highest BCUT2D eigenvalue weighted by atomic mass is 16.7. The molecule has 2 heterocycles. The van der Waals surface area contributed by atoms with Gasteiger partial charge in [-0.15, -0.1) is 0 Å². The summed E-state index contributed by atoms with van der Waals surface area (Å²) in [7, 11) is 1.61. The van der Waals surface area contributed by atoms with Crippen molar-refractivity contribution in [3.63, 3.8) is 0 Å². The highest BCUT2D eigenvalue weighted by molar-refractivity contribution is 6.29. The number of fused-ring (bicyclic) bond motifs is 3. The second kappa shape index (κ2) is 9.63. The van der Waals surface area contributed by atoms with Crippen LogP contribution in [0, 0.1) is 0 Å². The van der Waals surface area contributed by atoms with Gasteiger partial charge >= 0.3 is 0 Å². The molecule has 8 nitrogen and oxygen atoms in total. The number of ketones is 2. The molecule has 0 amide bonds. The Morgan fingerprint density at radius 1 is 0.946 bits per heavy atom. The Morgan fingerprint density at radius 2 is 1.68 bits per heavy atom. The predicted molar refractivity (Wildman–Crippen MR) is 135 cm³/mol. The highest BCUT2D eigenvalue weighted by Gasteiger charge is 2.41. The van der Waals surface area contributed by atoms with E-state index in [1.165, 1.54) is 0 Å². The van der Waals surface area contributed by atoms with E-state index in [1.54, 1.807) is 43.5 Å². The van der Waals surface area contributed by atoms with Gasteiger partial charge in [-0.05, 0) is 30.5 Å². The highest BCUT2D eigenvalue weighted by Crippen LogP contribution is 2.36. The minimum absolute atomic E-state index is 0.153. The first-order valence-corrected chi connectivity index (χ1v) is 12.6. The number of hydrogen-bond donors (Lipinski definition) is 1. The number of morpholine rings is 1. The van der Waals surface area contributed by atoms with Crippen LogP contribution in [0.3, 0.4) is 0 Å². The zero-order valence-corrected chi connectivity index (χ0v) is 20.8. The zero-order chi connectivity index (χ0) is 25.7. The number of rotatable bonds is 4. The fourth-order valence-corrected chi connectivity index (χ4v) is 5.63. The van der Waals surface area contributed by atoms with Gasteiger partial charge in [0.1, 0.15) is 5.75 Å². The van der Waals surface area contributed by atoms with E-state index in [0.717, 1.165) is 10.8 Å². The number of benzene rings is 3. The summed E-state index contributed by atoms with van der Waals surface area (Å²) in [5, 5.41) is 12.4. The molecule has 2 aliphatic heterocycles. The molecule has 5 atom stereocenters. The maximum absolute atomic E-state index is 13.3. The van der Waals surface area contributed by atoms with E-state index >= 15 is 0 Å². The summed E-state index contributed by atoms with van der Waals surface area (Å²) < 4.78 is 23.4. The van der Waals surface area contributed by atoms with Gasteiger partial charge in [-0.2, -0.15) is 0 Å². The van der Waals surface area contributed by atoms with Crippen molar-refractivity contribution < 1.29 is 33.6 Å². The van der Waals surface area contributed by atoms with Crippen molar-refractivity contribution in [3.05, 3.63) is 76.9 Å². The van der Waals surface area contributed by atoms with Crippen LogP contribution in [0.25, 0.3) is 10.8 Å². The first-order valence-electron chi connectivity index (χ1n) is 12.6. The Labute approximate surface area is 214 Å². The van der Waals surface area contributed by atoms with Crippen molar-refractivity contribution in [3.8, 4) is 5.75 Å². The van der Waals surface area contributed by atoms with Crippen LogP contribution in [0.1, 0.15) is 45.2 Å². The molecule has 0 saturated carbocycles. The largest absolute Gasteiger partial charge is 0.464 e. The molecule has 6 rings (SSSR count). The third kappa shape index (κ3) is 4.24. The second-order valence-corrected chi connectivity index (χ2v) is 9.79. The smallest absolute Gasteiger partial charge is 0.201 e. The Hall–Kier alpha value is -3.14. The summed E-state index contributed by atoms with van der Waals surface area (Å²) in [6, 6.07) is 15.8. The number of aliphatic hydroxyl groups is 1. The maximum atomic E-state index is 13.3. The van der Waals surface area contributed by atoms with Crippen LogP contribution < -0.4 is 4.74 Å². The van der Waals surface area contributed by atoms with Gasteiger partial charge in [0.2, 0.25) is 6.29 Å². The van der Waals surface area contributed by atoms with Crippen molar-refractivity contribution in [2.75, 3.05) is 26.8 Å². The number of carbonyl (C=O) groups excluding carboxylic acids is 2. The first kappa shape index (κ1) is 24.2. The number of carbonyl (C=O) groups is 2. The van der Waals surface area contributed by atoms with Gasteiger partial charge in [0.25, 0.3) is 0 Å². The van der Waals surface area contributed by atoms with Gasteiger partial charge in [-0.1, -0.05) is 36.4 Å². The number of hydrogen-bond acceptors (Lipinski definition) is 8. The Balaban J connectivity index is 1.31. The van der Waals surface area contributed by atoms with Crippen molar-refractivity contribution in [1.29, 1.82) is 0 Å². The van der Waals surface area contributed by atoms with E-state index in [4.69, 9.17) is 18.9 Å². The quantitative estimate of drug-likeness (QED) is 0.454. The molecule has 2 fully saturated rings. The summed E-state index contributed by atoms with van der Waals surface area (Å²) in [5.41, 5.74) is 1.62. The molecular formula is C29H29NO7. The van der Waals surface area contributed by atoms with Gasteiger partial charge in [0.15, 0.2) is 17.9 Å². The summed E-state index contributed by atoms with van der Waals surface area (Å²) in [5.74, 6) is 0.232. The topological polar surface area (TPSA) is 94.5 Å². The van der Waals surface area contributed by atoms with Gasteiger partial charge in [-0.3, -0.25) is 14.5 Å². The average molecular weight is 504 g/mol. The third-order valence-electron chi connectivity index (χ3n) is 7.62. The lowest BCUT2D eigenvalue weighted by Gasteiger charge is -2.45. The molecule has 192 valence electrons. The Bertz CT molecular complexity index is 1370. The minimum atomic E-state index is -0.682. The van der Waals surface area contributed by atoms with E-state index in [-0.39, 0.29) is 23.9 Å². The third-order valence-corrected chi connectivity index (χ3v) is 7.62. The van der Waals surface area contributed by atoms with Gasteiger partial charge in [0, 0.05) is 60.3 Å². The number of methoxy groups -OCH3 is 1. The molecule has 37 heavy (non-hydrogen) atoms. The molecule has 3 aromatic rings. The standard InChI is InChI=1S/C29H29NO7/c1-16-27(31)23(30-10-11-35-26(15-30)34-2)14-25(36-16)37-24-9-5-6-17-12-21-22(13-20(17)24)29(33)19-8-4-3-7-18(19)28(21)32/h3-9,12-13,16,23,25-27,31H,10-11,14-15H2,1-2H3/t16-,23-,25-,26?,27+/m0/s1. The summed E-state index contributed by atoms with van der Waals surface area (Å²) in [6.07, 6.45) is -1.61. The van der Waals surface area contributed by atoms with Crippen LogP contribution in [0.5, 0.6) is 5.75 Å². The lowest BCUT2D eigenvalue weighted by Crippen LogP contribution is -2.59. The monoisotopic (exact) mass is 503 g/mol. The molecule has 1 aliphatic carbocycles. The molecule has 1 unspecified atom stereocenters. The normalized spacial score (nSPS) is 28.1. The number of aliphatic hydroxyl groups excluding tert-OH is 1. The van der Waals surface area contributed by atoms with Crippen molar-refractivity contribution in [2.24, 2.45) is 0 Å². The predicted octanol–water partition coefficient (Wildman–Crippen LogP) is 3.16. The van der Waals surface area contributed by atoms with Crippen LogP contribution in [0.2, 0.25) is 0 Å². The lowest BCUT2D eigenvalue weighted by atomic mass is 9.83. The summed E-state index contributed by atoms with van der Waals surface area (Å²) in [4.78, 5) is 28.6. The van der Waals surface area contributed by atoms with Crippen LogP contribution in [0.15, 0.2) is 54.6 Å². The molecule has 3 aliphatic rings. The van der Waals surface area contributed by atoms with E-state index in [0.29, 0.717) is 54.1 Å². The van der Waals surface area contributed by atoms with Gasteiger partial charge in [-0.25, -0.2) is 0 Å². The molecule has 3 aromatic carbocycles. The molecule has 8 heteroatoms. The van der Waals surface area contributed by atoms with Gasteiger partial charge < -0.3 is 24.1 Å². The fraction of sp³-hybridized carbons (Fsp3) is 0.379. The molecule has 0 aromatic heterocycles. The molecule has 0 bridgehead atoms. The summed E-state index contributed by atoms with van der Waals surface area (Å²) in [6.45, 7) is 3.59. The SMILES string of the molecule is COC1CN([C@H]2C[C@H](Oc3cccc4cc5c(cc34)C(=O)c3ccccc3C5=O)O[C@@H](C)[C@H]2O)CCO1. The van der Waals surface area contributed by atoms with E-state index in [9.17, 15) is 14.7 Å². The zero-order valence-electron chi connectivity index (χ0n) is 20.8. The molecule has 1 N–H and O–H groups in total. The van der Waals surface area contributed by atoms with Crippen LogP contribution >= 0.6 is 0 Å². The van der Waals surface area contributed by atoms with Crippen LogP contribution in [0.4, 0.5) is 0 Å². The van der Waals surface area contributed by atoms with E-state index in [2.05, 4.69) is 4.90 Å². The van der Waals surface area contributed by atoms with Crippen molar-refractivity contribution in [1.82, 2.24) is 4.90 Å². The van der Waals surface area contributed by atoms with Crippen LogP contribution in [-0.2, 0) is 14.2 Å². The fourth-order valence-electron chi connectivity index (χ4n) is 5.63. The number of ether oxygens (including phenoxy) is 4. The molecule has 0 spiro atoms. The van der Waals surface area contributed by atoms with E-state index < -0.39 is 18.5 Å². The van der Waals surface area contributed by atoms with Crippen LogP contribution in [-0.4, -0.2) is 79.2 Å². The average Bonchev–Trinajstić information content (AvgIpc) is 2.93. The maximum Gasteiger partial charge on any atom is 0.201 e. The molecule has 2 saturated heterocycles. The van der Waals surface area contributed by atoms with Gasteiger partial charge in [0.05, 0.1) is 18.8 Å². The minimum Gasteiger partial charge on any atom is -0.464 e. The van der Waals surface area contributed by atoms with E-state index in [1.807, 2.05) is 25.1 Å². The Kier molecular flexibility index (Phi) is 6.30. The number of nitrogens with zero attached hydrogens (tertiary/aromatic N) is 1. The first-order chi connectivity index (χ1) is 17.9. The van der Waals surface area contributed by atoms with Crippen molar-refractivity contribution in [2.45, 2.75) is 44.2 Å². The lowest BCUT2D eigenvalue weighted by molar-refractivity contribution is -0.226. The second-order valence-electron chi connectivity index (χ2n) is 9.79. The molecular weight excluding hydrogens is 474 g/mol. The van der Waals surface area contributed by atoms with Crippen molar-refractivity contribution >= 4 is 22.3 Å². The Morgan fingerprint density at radius 3 is 2.41 bits per heavy atom. The summed E-state index contributed by atoms with van der Waals surface area (Å²) >= 11 is 0. The molecule has 0 radical (unpaired) electrons.